The molecule has 0 atom stereocenters. The van der Waals surface area contributed by atoms with Gasteiger partial charge in [0.25, 0.3) is 0 Å². The van der Waals surface area contributed by atoms with Crippen LogP contribution in [0.5, 0.6) is 0 Å². The predicted molar refractivity (Wildman–Crippen MR) is 52.6 cm³/mol. The number of H-pyrrole nitrogens is 1. The van der Waals surface area contributed by atoms with E-state index in [9.17, 15) is 4.79 Å². The minimum atomic E-state index is 0.257. The largest absolute Gasteiger partial charge is 0.336 e. The first-order valence-corrected chi connectivity index (χ1v) is 5.10. The molecule has 2 rings (SSSR count). The Bertz CT molecular complexity index is 332. The second kappa shape index (κ2) is 3.82. The summed E-state index contributed by atoms with van der Waals surface area (Å²) in [5.74, 6) is 0.257. The van der Waals surface area contributed by atoms with Crippen LogP contribution in [0.1, 0.15) is 31.0 Å². The molecule has 0 aliphatic carbocycles. The summed E-state index contributed by atoms with van der Waals surface area (Å²) in [6.07, 6.45) is 4.37. The summed E-state index contributed by atoms with van der Waals surface area (Å²) in [4.78, 5) is 13.5. The van der Waals surface area contributed by atoms with Gasteiger partial charge in [0.2, 0.25) is 5.91 Å². The van der Waals surface area contributed by atoms with Gasteiger partial charge in [-0.25, -0.2) is 0 Å². The van der Waals surface area contributed by atoms with Gasteiger partial charge in [0.15, 0.2) is 0 Å². The van der Waals surface area contributed by atoms with E-state index in [0.717, 1.165) is 25.1 Å². The summed E-state index contributed by atoms with van der Waals surface area (Å²) in [6, 6.07) is 0. The monoisotopic (exact) mass is 193 g/mol. The zero-order valence-electron chi connectivity index (χ0n) is 8.42. The lowest BCUT2D eigenvalue weighted by molar-refractivity contribution is -0.132. The topological polar surface area (TPSA) is 49.0 Å². The Labute approximate surface area is 83.3 Å². The average Bonchev–Trinajstić information content (AvgIpc) is 2.64. The molecule has 0 saturated carbocycles. The van der Waals surface area contributed by atoms with Gasteiger partial charge in [-0.05, 0) is 18.4 Å². The van der Waals surface area contributed by atoms with E-state index in [1.165, 1.54) is 5.56 Å². The van der Waals surface area contributed by atoms with Crippen molar-refractivity contribution in [3.8, 4) is 0 Å². The molecule has 1 N–H and O–H groups in total. The number of hydrogen-bond donors (Lipinski definition) is 1. The molecule has 14 heavy (non-hydrogen) atoms. The molecule has 0 aromatic carbocycles. The molecule has 0 bridgehead atoms. The van der Waals surface area contributed by atoms with Gasteiger partial charge in [0.1, 0.15) is 0 Å². The van der Waals surface area contributed by atoms with Crippen LogP contribution >= 0.6 is 0 Å². The van der Waals surface area contributed by atoms with Crippen LogP contribution in [-0.4, -0.2) is 27.5 Å². The van der Waals surface area contributed by atoms with Crippen molar-refractivity contribution in [3.05, 3.63) is 17.5 Å². The fraction of sp³-hybridized carbons (Fsp3) is 0.600. The van der Waals surface area contributed by atoms with Crippen molar-refractivity contribution in [1.82, 2.24) is 15.1 Å². The Balaban J connectivity index is 2.04. The number of nitrogens with one attached hydrogen (secondary N) is 1. The fourth-order valence-corrected chi connectivity index (χ4v) is 1.80. The van der Waals surface area contributed by atoms with Gasteiger partial charge in [-0.3, -0.25) is 9.89 Å². The molecule has 0 unspecified atom stereocenters. The summed E-state index contributed by atoms with van der Waals surface area (Å²) in [5, 5.41) is 6.92. The Morgan fingerprint density at radius 2 is 2.57 bits per heavy atom. The lowest BCUT2D eigenvalue weighted by Crippen LogP contribution is -2.35. The smallest absolute Gasteiger partial charge is 0.222 e. The van der Waals surface area contributed by atoms with Crippen LogP contribution in [0.4, 0.5) is 0 Å². The van der Waals surface area contributed by atoms with Crippen molar-refractivity contribution in [1.29, 1.82) is 0 Å². The predicted octanol–water partition coefficient (Wildman–Crippen LogP) is 1.09. The Morgan fingerprint density at radius 3 is 3.36 bits per heavy atom. The number of aromatic nitrogens is 2. The Kier molecular flexibility index (Phi) is 2.52. The van der Waals surface area contributed by atoms with E-state index >= 15 is 0 Å². The van der Waals surface area contributed by atoms with Gasteiger partial charge in [-0.15, -0.1) is 0 Å². The van der Waals surface area contributed by atoms with Crippen LogP contribution < -0.4 is 0 Å². The Morgan fingerprint density at radius 1 is 1.71 bits per heavy atom. The SMILES string of the molecule is CCCC(=O)N1CCc2cn[nH]c2C1. The first-order chi connectivity index (χ1) is 6.81. The molecule has 1 amide bonds. The van der Waals surface area contributed by atoms with E-state index in [1.807, 2.05) is 18.0 Å². The summed E-state index contributed by atoms with van der Waals surface area (Å²) >= 11 is 0. The van der Waals surface area contributed by atoms with Gasteiger partial charge in [0, 0.05) is 13.0 Å². The average molecular weight is 193 g/mol. The van der Waals surface area contributed by atoms with Gasteiger partial charge < -0.3 is 4.90 Å². The van der Waals surface area contributed by atoms with Gasteiger partial charge >= 0.3 is 0 Å². The summed E-state index contributed by atoms with van der Waals surface area (Å²) in [7, 11) is 0. The number of hydrogen-bond acceptors (Lipinski definition) is 2. The zero-order chi connectivity index (χ0) is 9.97. The maximum atomic E-state index is 11.6. The van der Waals surface area contributed by atoms with Crippen LogP contribution in [0.15, 0.2) is 6.20 Å². The van der Waals surface area contributed by atoms with E-state index in [-0.39, 0.29) is 5.91 Å². The van der Waals surface area contributed by atoms with Crippen molar-refractivity contribution in [3.63, 3.8) is 0 Å². The van der Waals surface area contributed by atoms with E-state index in [4.69, 9.17) is 0 Å². The van der Waals surface area contributed by atoms with Crippen LogP contribution in [0, 0.1) is 0 Å². The van der Waals surface area contributed by atoms with E-state index in [2.05, 4.69) is 10.2 Å². The van der Waals surface area contributed by atoms with Crippen molar-refractivity contribution >= 4 is 5.91 Å². The molecule has 0 spiro atoms. The second-order valence-electron chi connectivity index (χ2n) is 3.69. The molecule has 1 aliphatic heterocycles. The van der Waals surface area contributed by atoms with E-state index in [1.54, 1.807) is 0 Å². The molecule has 76 valence electrons. The third kappa shape index (κ3) is 1.64. The molecular weight excluding hydrogens is 178 g/mol. The number of fused-ring (bicyclic) bond motifs is 1. The molecule has 1 aromatic heterocycles. The van der Waals surface area contributed by atoms with Crippen LogP contribution in [0.25, 0.3) is 0 Å². The van der Waals surface area contributed by atoms with E-state index < -0.39 is 0 Å². The highest BCUT2D eigenvalue weighted by Gasteiger charge is 2.20. The van der Waals surface area contributed by atoms with Crippen LogP contribution in [0.2, 0.25) is 0 Å². The van der Waals surface area contributed by atoms with Gasteiger partial charge in [0.05, 0.1) is 18.4 Å². The maximum Gasteiger partial charge on any atom is 0.222 e. The normalized spacial score (nSPS) is 15.4. The highest BCUT2D eigenvalue weighted by atomic mass is 16.2. The quantitative estimate of drug-likeness (QED) is 0.764. The van der Waals surface area contributed by atoms with Crippen molar-refractivity contribution in [2.75, 3.05) is 6.54 Å². The number of amides is 1. The number of carbonyl (C=O) groups is 1. The first-order valence-electron chi connectivity index (χ1n) is 5.10. The molecular formula is C10H15N3O. The number of aromatic amines is 1. The first kappa shape index (κ1) is 9.24. The molecule has 1 aliphatic rings. The third-order valence-corrected chi connectivity index (χ3v) is 2.62. The highest BCUT2D eigenvalue weighted by Crippen LogP contribution is 2.16. The van der Waals surface area contributed by atoms with Crippen molar-refractivity contribution < 1.29 is 4.79 Å². The Hall–Kier alpha value is -1.32. The molecule has 1 aromatic rings. The van der Waals surface area contributed by atoms with Crippen LogP contribution in [-0.2, 0) is 17.8 Å². The van der Waals surface area contributed by atoms with Gasteiger partial charge in [-0.2, -0.15) is 5.10 Å². The lowest BCUT2D eigenvalue weighted by Gasteiger charge is -2.26. The third-order valence-electron chi connectivity index (χ3n) is 2.62. The minimum absolute atomic E-state index is 0.257. The molecule has 2 heterocycles. The lowest BCUT2D eigenvalue weighted by atomic mass is 10.1. The molecule has 4 nitrogen and oxygen atoms in total. The fourth-order valence-electron chi connectivity index (χ4n) is 1.80. The number of nitrogens with zero attached hydrogens (tertiary/aromatic N) is 2. The van der Waals surface area contributed by atoms with Crippen molar-refractivity contribution in [2.45, 2.75) is 32.7 Å². The summed E-state index contributed by atoms with van der Waals surface area (Å²) in [6.45, 7) is 3.57. The number of carbonyl (C=O) groups excluding carboxylic acids is 1. The molecule has 0 radical (unpaired) electrons. The zero-order valence-corrected chi connectivity index (χ0v) is 8.42. The van der Waals surface area contributed by atoms with Crippen molar-refractivity contribution in [2.24, 2.45) is 0 Å². The van der Waals surface area contributed by atoms with Gasteiger partial charge in [-0.1, -0.05) is 6.92 Å². The maximum absolute atomic E-state index is 11.6. The summed E-state index contributed by atoms with van der Waals surface area (Å²) < 4.78 is 0. The standard InChI is InChI=1S/C10H15N3O/c1-2-3-10(14)13-5-4-8-6-11-12-9(8)7-13/h6H,2-5,7H2,1H3,(H,11,12). The van der Waals surface area contributed by atoms with E-state index in [0.29, 0.717) is 13.0 Å². The molecule has 0 saturated heterocycles. The number of rotatable bonds is 2. The summed E-state index contributed by atoms with van der Waals surface area (Å²) in [5.41, 5.74) is 2.35. The molecule has 4 heteroatoms. The van der Waals surface area contributed by atoms with Crippen LogP contribution in [0.3, 0.4) is 0 Å². The molecule has 0 fully saturated rings. The minimum Gasteiger partial charge on any atom is -0.336 e. The highest BCUT2D eigenvalue weighted by molar-refractivity contribution is 5.76. The second-order valence-corrected chi connectivity index (χ2v) is 3.69.